The van der Waals surface area contributed by atoms with Gasteiger partial charge in [0, 0.05) is 10.7 Å². The van der Waals surface area contributed by atoms with Gasteiger partial charge in [-0.05, 0) is 42.8 Å². The molecule has 2 aromatic rings. The van der Waals surface area contributed by atoms with E-state index in [0.717, 1.165) is 11.6 Å². The number of hydrogen-bond acceptors (Lipinski definition) is 2. The minimum absolute atomic E-state index is 0.107. The number of halogens is 2. The molecule has 2 rings (SSSR count). The van der Waals surface area contributed by atoms with E-state index in [-0.39, 0.29) is 16.6 Å². The van der Waals surface area contributed by atoms with Crippen LogP contribution in [0.5, 0.6) is 0 Å². The number of carbonyl (C=O) groups is 1. The monoisotopic (exact) mass is 292 g/mol. The lowest BCUT2D eigenvalue weighted by atomic mass is 10.00. The summed E-state index contributed by atoms with van der Waals surface area (Å²) in [6.45, 7) is 1.73. The molecule has 0 radical (unpaired) electrons. The lowest BCUT2D eigenvalue weighted by molar-refractivity contribution is -0.117. The third kappa shape index (κ3) is 3.27. The van der Waals surface area contributed by atoms with E-state index in [4.69, 9.17) is 17.3 Å². The van der Waals surface area contributed by atoms with Crippen molar-refractivity contribution in [2.45, 2.75) is 12.8 Å². The van der Waals surface area contributed by atoms with Crippen molar-refractivity contribution in [3.8, 4) is 0 Å². The van der Waals surface area contributed by atoms with Crippen LogP contribution in [0.2, 0.25) is 5.02 Å². The van der Waals surface area contributed by atoms with Crippen molar-refractivity contribution >= 4 is 28.9 Å². The molecular formula is C15H14ClFN2O. The van der Waals surface area contributed by atoms with Gasteiger partial charge in [-0.25, -0.2) is 4.39 Å². The number of rotatable bonds is 3. The number of nitrogens with two attached hydrogens (primary N) is 1. The summed E-state index contributed by atoms with van der Waals surface area (Å²) in [7, 11) is 0. The van der Waals surface area contributed by atoms with Gasteiger partial charge >= 0.3 is 0 Å². The highest BCUT2D eigenvalue weighted by molar-refractivity contribution is 6.30. The molecule has 0 bridgehead atoms. The molecule has 0 aliphatic rings. The fraction of sp³-hybridized carbons (Fsp3) is 0.133. The van der Waals surface area contributed by atoms with Gasteiger partial charge in [0.2, 0.25) is 5.91 Å². The lowest BCUT2D eigenvalue weighted by Gasteiger charge is -2.13. The zero-order chi connectivity index (χ0) is 14.7. The number of nitrogen functional groups attached to an aromatic ring is 1. The van der Waals surface area contributed by atoms with Crippen molar-refractivity contribution in [2.75, 3.05) is 11.1 Å². The molecular weight excluding hydrogens is 279 g/mol. The Morgan fingerprint density at radius 1 is 1.30 bits per heavy atom. The second kappa shape index (κ2) is 5.92. The molecule has 0 heterocycles. The molecule has 104 valence electrons. The van der Waals surface area contributed by atoms with Gasteiger partial charge in [0.1, 0.15) is 5.82 Å². The first kappa shape index (κ1) is 14.3. The third-order valence-corrected chi connectivity index (χ3v) is 3.23. The molecule has 0 saturated carbocycles. The van der Waals surface area contributed by atoms with Gasteiger partial charge in [0.05, 0.1) is 11.6 Å². The van der Waals surface area contributed by atoms with Crippen molar-refractivity contribution in [1.82, 2.24) is 0 Å². The fourth-order valence-corrected chi connectivity index (χ4v) is 1.97. The zero-order valence-corrected chi connectivity index (χ0v) is 11.6. The molecule has 0 aliphatic carbocycles. The van der Waals surface area contributed by atoms with Gasteiger partial charge in [-0.15, -0.1) is 0 Å². The standard InChI is InChI=1S/C15H14ClFN2O/c1-9(10-3-2-4-12(18)7-10)15(20)19-14-6-5-11(16)8-13(14)17/h2-9H,18H2,1H3,(H,19,20). The number of anilines is 2. The molecule has 1 unspecified atom stereocenters. The summed E-state index contributed by atoms with van der Waals surface area (Å²) >= 11 is 5.66. The highest BCUT2D eigenvalue weighted by Gasteiger charge is 2.17. The molecule has 0 aliphatic heterocycles. The Morgan fingerprint density at radius 3 is 2.70 bits per heavy atom. The van der Waals surface area contributed by atoms with Crippen LogP contribution < -0.4 is 11.1 Å². The van der Waals surface area contributed by atoms with Crippen molar-refractivity contribution in [2.24, 2.45) is 0 Å². The Balaban J connectivity index is 2.15. The molecule has 3 N–H and O–H groups in total. The summed E-state index contributed by atoms with van der Waals surface area (Å²) in [5, 5.41) is 2.82. The van der Waals surface area contributed by atoms with Gasteiger partial charge in [-0.2, -0.15) is 0 Å². The molecule has 3 nitrogen and oxygen atoms in total. The van der Waals surface area contributed by atoms with E-state index in [1.807, 2.05) is 0 Å². The summed E-state index contributed by atoms with van der Waals surface area (Å²) in [5.41, 5.74) is 7.15. The van der Waals surface area contributed by atoms with Crippen molar-refractivity contribution < 1.29 is 9.18 Å². The van der Waals surface area contributed by atoms with Gasteiger partial charge in [0.25, 0.3) is 0 Å². The maximum absolute atomic E-state index is 13.6. The van der Waals surface area contributed by atoms with Crippen molar-refractivity contribution in [3.63, 3.8) is 0 Å². The first-order chi connectivity index (χ1) is 9.47. The van der Waals surface area contributed by atoms with Crippen LogP contribution in [0.3, 0.4) is 0 Å². The van der Waals surface area contributed by atoms with E-state index in [1.54, 1.807) is 31.2 Å². The smallest absolute Gasteiger partial charge is 0.231 e. The number of amides is 1. The van der Waals surface area contributed by atoms with Crippen molar-refractivity contribution in [1.29, 1.82) is 0 Å². The highest BCUT2D eigenvalue weighted by atomic mass is 35.5. The Morgan fingerprint density at radius 2 is 2.05 bits per heavy atom. The summed E-state index contributed by atoms with van der Waals surface area (Å²) < 4.78 is 13.6. The number of carbonyl (C=O) groups excluding carboxylic acids is 1. The van der Waals surface area contributed by atoms with E-state index in [9.17, 15) is 9.18 Å². The highest BCUT2D eigenvalue weighted by Crippen LogP contribution is 2.23. The van der Waals surface area contributed by atoms with Crippen LogP contribution in [0.15, 0.2) is 42.5 Å². The minimum Gasteiger partial charge on any atom is -0.399 e. The summed E-state index contributed by atoms with van der Waals surface area (Å²) in [6.07, 6.45) is 0. The molecule has 1 atom stereocenters. The fourth-order valence-electron chi connectivity index (χ4n) is 1.81. The first-order valence-corrected chi connectivity index (χ1v) is 6.46. The predicted molar refractivity (Wildman–Crippen MR) is 79.3 cm³/mol. The lowest BCUT2D eigenvalue weighted by Crippen LogP contribution is -2.19. The third-order valence-electron chi connectivity index (χ3n) is 2.99. The van der Waals surface area contributed by atoms with Crippen LogP contribution in [-0.4, -0.2) is 5.91 Å². The number of hydrogen-bond donors (Lipinski definition) is 2. The topological polar surface area (TPSA) is 55.1 Å². The molecule has 0 spiro atoms. The molecule has 5 heteroatoms. The summed E-state index contributed by atoms with van der Waals surface area (Å²) in [4.78, 5) is 12.1. The second-order valence-corrected chi connectivity index (χ2v) is 4.94. The van der Waals surface area contributed by atoms with Crippen LogP contribution in [0, 0.1) is 5.82 Å². The second-order valence-electron chi connectivity index (χ2n) is 4.51. The molecule has 0 saturated heterocycles. The Bertz CT molecular complexity index is 646. The van der Waals surface area contributed by atoms with Crippen LogP contribution in [-0.2, 0) is 4.79 Å². The van der Waals surface area contributed by atoms with Gasteiger partial charge in [0.15, 0.2) is 0 Å². The average Bonchev–Trinajstić information content (AvgIpc) is 2.41. The van der Waals surface area contributed by atoms with E-state index < -0.39 is 11.7 Å². The van der Waals surface area contributed by atoms with Gasteiger partial charge in [-0.3, -0.25) is 4.79 Å². The first-order valence-electron chi connectivity index (χ1n) is 6.08. The van der Waals surface area contributed by atoms with E-state index >= 15 is 0 Å². The summed E-state index contributed by atoms with van der Waals surface area (Å²) in [6, 6.07) is 11.2. The Labute approximate surface area is 121 Å². The quantitative estimate of drug-likeness (QED) is 0.845. The molecule has 20 heavy (non-hydrogen) atoms. The number of benzene rings is 2. The van der Waals surface area contributed by atoms with Crippen LogP contribution in [0.1, 0.15) is 18.4 Å². The Hall–Kier alpha value is -2.07. The Kier molecular flexibility index (Phi) is 4.25. The largest absolute Gasteiger partial charge is 0.399 e. The molecule has 0 fully saturated rings. The summed E-state index contributed by atoms with van der Waals surface area (Å²) in [5.74, 6) is -1.31. The van der Waals surface area contributed by atoms with E-state index in [0.29, 0.717) is 5.69 Å². The SMILES string of the molecule is CC(C(=O)Nc1ccc(Cl)cc1F)c1cccc(N)c1. The maximum Gasteiger partial charge on any atom is 0.231 e. The van der Waals surface area contributed by atoms with Crippen LogP contribution in [0.4, 0.5) is 15.8 Å². The van der Waals surface area contributed by atoms with Gasteiger partial charge in [-0.1, -0.05) is 23.7 Å². The zero-order valence-electron chi connectivity index (χ0n) is 10.9. The van der Waals surface area contributed by atoms with E-state index in [1.165, 1.54) is 12.1 Å². The molecule has 2 aromatic carbocycles. The van der Waals surface area contributed by atoms with Crippen LogP contribution >= 0.6 is 11.6 Å². The van der Waals surface area contributed by atoms with E-state index in [2.05, 4.69) is 5.32 Å². The minimum atomic E-state index is -0.564. The molecule has 0 aromatic heterocycles. The van der Waals surface area contributed by atoms with Crippen LogP contribution in [0.25, 0.3) is 0 Å². The maximum atomic E-state index is 13.6. The van der Waals surface area contributed by atoms with Crippen molar-refractivity contribution in [3.05, 3.63) is 58.9 Å². The predicted octanol–water partition coefficient (Wildman–Crippen LogP) is 3.80. The molecule has 1 amide bonds. The average molecular weight is 293 g/mol. The normalized spacial score (nSPS) is 11.9. The number of nitrogens with one attached hydrogen (secondary N) is 1. The van der Waals surface area contributed by atoms with Gasteiger partial charge < -0.3 is 11.1 Å².